The molecule has 0 amide bonds. The molecule has 1 rings (SSSR count). The summed E-state index contributed by atoms with van der Waals surface area (Å²) in [7, 11) is 1.32. The molecule has 0 radical (unpaired) electrons. The normalized spacial score (nSPS) is 21.0. The van der Waals surface area contributed by atoms with Crippen molar-refractivity contribution in [2.45, 2.75) is 13.3 Å². The Balaban J connectivity index is 2.59. The Morgan fingerprint density at radius 1 is 1.80 bits per heavy atom. The van der Waals surface area contributed by atoms with Crippen LogP contribution in [-0.4, -0.2) is 10.2 Å². The van der Waals surface area contributed by atoms with Gasteiger partial charge in [0.2, 0.25) is 0 Å². The monoisotopic (exact) mass is 84.0 g/mol. The van der Waals surface area contributed by atoms with E-state index in [-0.39, 0.29) is 0 Å². The highest BCUT2D eigenvalue weighted by atomic mass is 28.1. The van der Waals surface area contributed by atoms with Gasteiger partial charge in [0.15, 0.2) is 0 Å². The van der Waals surface area contributed by atoms with Crippen LogP contribution < -0.4 is 0 Å². The molecule has 0 bridgehead atoms. The van der Waals surface area contributed by atoms with Crippen molar-refractivity contribution in [2.24, 2.45) is 0 Å². The molecule has 1 aliphatic rings. The molecule has 0 fully saturated rings. The fraction of sp³-hybridized carbons (Fsp3) is 0.500. The van der Waals surface area contributed by atoms with Gasteiger partial charge in [0.05, 0.1) is 0 Å². The minimum absolute atomic E-state index is 1.32. The number of allylic oxidation sites excluding steroid dienone is 2. The Kier molecular flexibility index (Phi) is 0.452. The minimum atomic E-state index is 1.32. The van der Waals surface area contributed by atoms with Crippen LogP contribution >= 0.6 is 0 Å². The van der Waals surface area contributed by atoms with Gasteiger partial charge in [0.1, 0.15) is 0 Å². The molecule has 0 unspecified atom stereocenters. The van der Waals surface area contributed by atoms with E-state index in [2.05, 4.69) is 6.92 Å². The van der Waals surface area contributed by atoms with Crippen molar-refractivity contribution in [1.82, 2.24) is 0 Å². The molecule has 0 aromatic carbocycles. The fourth-order valence-electron chi connectivity index (χ4n) is 0.354. The predicted molar refractivity (Wildman–Crippen MR) is 27.3 cm³/mol. The standard InChI is InChI=1S/C4H8Si/c1-3-2-4(3)5/h2H2,1,5H3. The van der Waals surface area contributed by atoms with Crippen LogP contribution in [0.2, 0.25) is 0 Å². The molecule has 0 saturated carbocycles. The van der Waals surface area contributed by atoms with Gasteiger partial charge in [-0.2, -0.15) is 0 Å². The molecule has 0 aromatic heterocycles. The quantitative estimate of drug-likeness (QED) is 0.363. The van der Waals surface area contributed by atoms with Gasteiger partial charge in [-0.25, -0.2) is 0 Å². The number of hydrogen-bond donors (Lipinski definition) is 0. The van der Waals surface area contributed by atoms with Gasteiger partial charge in [0.25, 0.3) is 0 Å². The van der Waals surface area contributed by atoms with Crippen LogP contribution in [0.1, 0.15) is 13.3 Å². The van der Waals surface area contributed by atoms with E-state index in [9.17, 15) is 0 Å². The zero-order valence-corrected chi connectivity index (χ0v) is 5.71. The molecule has 0 aromatic rings. The third-order valence-corrected chi connectivity index (χ3v) is 2.34. The van der Waals surface area contributed by atoms with E-state index in [0.29, 0.717) is 0 Å². The van der Waals surface area contributed by atoms with Gasteiger partial charge in [-0.05, 0) is 13.3 Å². The first-order valence-corrected chi connectivity index (χ1v) is 2.96. The Morgan fingerprint density at radius 3 is 2.00 bits per heavy atom. The molecule has 0 heterocycles. The second-order valence-corrected chi connectivity index (χ2v) is 2.94. The summed E-state index contributed by atoms with van der Waals surface area (Å²) in [6.07, 6.45) is 1.37. The Hall–Kier alpha value is -0.0431. The van der Waals surface area contributed by atoms with Crippen molar-refractivity contribution in [2.75, 3.05) is 0 Å². The van der Waals surface area contributed by atoms with Gasteiger partial charge in [-0.1, -0.05) is 10.8 Å². The molecular formula is C4H8Si. The fourth-order valence-corrected chi connectivity index (χ4v) is 0.884. The van der Waals surface area contributed by atoms with Gasteiger partial charge in [-0.3, -0.25) is 0 Å². The van der Waals surface area contributed by atoms with Crippen molar-refractivity contribution < 1.29 is 0 Å². The molecule has 1 heteroatoms. The summed E-state index contributed by atoms with van der Waals surface area (Å²) >= 11 is 0. The second kappa shape index (κ2) is 0.715. The second-order valence-electron chi connectivity index (χ2n) is 1.74. The zero-order chi connectivity index (χ0) is 3.86. The molecule has 0 spiro atoms. The average Bonchev–Trinajstić information content (AvgIpc) is 1.79. The number of hydrogen-bond acceptors (Lipinski definition) is 0. The van der Waals surface area contributed by atoms with Gasteiger partial charge < -0.3 is 0 Å². The van der Waals surface area contributed by atoms with E-state index in [1.807, 2.05) is 0 Å². The van der Waals surface area contributed by atoms with Crippen molar-refractivity contribution in [3.8, 4) is 0 Å². The van der Waals surface area contributed by atoms with Gasteiger partial charge in [0, 0.05) is 10.2 Å². The summed E-state index contributed by atoms with van der Waals surface area (Å²) in [6.45, 7) is 2.21. The topological polar surface area (TPSA) is 0 Å². The highest BCUT2D eigenvalue weighted by Gasteiger charge is 2.07. The van der Waals surface area contributed by atoms with Gasteiger partial charge in [-0.15, -0.1) is 0 Å². The highest BCUT2D eigenvalue weighted by molar-refractivity contribution is 6.25. The average molecular weight is 84.2 g/mol. The summed E-state index contributed by atoms with van der Waals surface area (Å²) in [5.41, 5.74) is 1.65. The van der Waals surface area contributed by atoms with Crippen molar-refractivity contribution in [1.29, 1.82) is 0 Å². The summed E-state index contributed by atoms with van der Waals surface area (Å²) in [5.74, 6) is 0. The minimum Gasteiger partial charge on any atom is -0.0886 e. The first kappa shape index (κ1) is 3.16. The Labute approximate surface area is 35.3 Å². The SMILES string of the molecule is CC1=C([SiH3])C1. The largest absolute Gasteiger partial charge is 0.0886 e. The third kappa shape index (κ3) is 0.427. The van der Waals surface area contributed by atoms with Crippen LogP contribution in [0.5, 0.6) is 0 Å². The molecule has 1 aliphatic carbocycles. The lowest BCUT2D eigenvalue weighted by Crippen LogP contribution is -1.44. The van der Waals surface area contributed by atoms with Crippen LogP contribution in [0.3, 0.4) is 0 Å². The summed E-state index contributed by atoms with van der Waals surface area (Å²) in [4.78, 5) is 0. The summed E-state index contributed by atoms with van der Waals surface area (Å²) in [5, 5.41) is 1.73. The maximum atomic E-state index is 2.21. The molecule has 5 heavy (non-hydrogen) atoms. The Morgan fingerprint density at radius 2 is 2.00 bits per heavy atom. The molecule has 28 valence electrons. The van der Waals surface area contributed by atoms with Crippen molar-refractivity contribution >= 4 is 10.2 Å². The molecule has 0 atom stereocenters. The maximum Gasteiger partial charge on any atom is 0.0336 e. The summed E-state index contributed by atoms with van der Waals surface area (Å²) < 4.78 is 0. The molecular weight excluding hydrogens is 76.1 g/mol. The lowest BCUT2D eigenvalue weighted by atomic mass is 10.6. The first-order valence-electron chi connectivity index (χ1n) is 1.96. The molecule has 0 saturated heterocycles. The van der Waals surface area contributed by atoms with Crippen molar-refractivity contribution in [3.63, 3.8) is 0 Å². The molecule has 0 N–H and O–H groups in total. The zero-order valence-electron chi connectivity index (χ0n) is 3.71. The number of rotatable bonds is 0. The van der Waals surface area contributed by atoms with Crippen LogP contribution in [0.15, 0.2) is 10.8 Å². The van der Waals surface area contributed by atoms with Crippen LogP contribution in [0.25, 0.3) is 0 Å². The highest BCUT2D eigenvalue weighted by Crippen LogP contribution is 2.25. The van der Waals surface area contributed by atoms with Crippen LogP contribution in [0, 0.1) is 0 Å². The lowest BCUT2D eigenvalue weighted by Gasteiger charge is -1.47. The third-order valence-electron chi connectivity index (χ3n) is 1.13. The van der Waals surface area contributed by atoms with Crippen molar-refractivity contribution in [3.05, 3.63) is 10.8 Å². The predicted octanol–water partition coefficient (Wildman–Crippen LogP) is 0.0295. The van der Waals surface area contributed by atoms with E-state index >= 15 is 0 Å². The summed E-state index contributed by atoms with van der Waals surface area (Å²) in [6, 6.07) is 0. The van der Waals surface area contributed by atoms with Crippen LogP contribution in [-0.2, 0) is 0 Å². The Bertz CT molecular complexity index is 71.6. The van der Waals surface area contributed by atoms with E-state index in [1.54, 1.807) is 10.8 Å². The van der Waals surface area contributed by atoms with E-state index < -0.39 is 0 Å². The van der Waals surface area contributed by atoms with E-state index in [0.717, 1.165) is 0 Å². The van der Waals surface area contributed by atoms with E-state index in [4.69, 9.17) is 0 Å². The molecule has 0 aliphatic heterocycles. The lowest BCUT2D eigenvalue weighted by molar-refractivity contribution is 1.48. The first-order chi connectivity index (χ1) is 2.30. The molecule has 0 nitrogen and oxygen atoms in total. The van der Waals surface area contributed by atoms with Crippen LogP contribution in [0.4, 0.5) is 0 Å². The van der Waals surface area contributed by atoms with Gasteiger partial charge >= 0.3 is 0 Å². The maximum absolute atomic E-state index is 2.21. The van der Waals surface area contributed by atoms with E-state index in [1.165, 1.54) is 16.7 Å². The smallest absolute Gasteiger partial charge is 0.0336 e.